The Morgan fingerprint density at radius 3 is 2.25 bits per heavy atom. The summed E-state index contributed by atoms with van der Waals surface area (Å²) >= 11 is 0. The maximum absolute atomic E-state index is 9.27. The minimum atomic E-state index is 0.508. The second-order valence-electron chi connectivity index (χ2n) is 5.82. The van der Waals surface area contributed by atoms with Crippen LogP contribution >= 0.6 is 0 Å². The van der Waals surface area contributed by atoms with Gasteiger partial charge in [0.1, 0.15) is 0 Å². The molecule has 1 aliphatic carbocycles. The van der Waals surface area contributed by atoms with Crippen LogP contribution in [0.25, 0.3) is 0 Å². The highest BCUT2D eigenvalue weighted by Crippen LogP contribution is 2.19. The Bertz CT molecular complexity index is 292. The third-order valence-corrected chi connectivity index (χ3v) is 3.92. The average molecular weight is 280 g/mol. The third kappa shape index (κ3) is 9.19. The van der Waals surface area contributed by atoms with Crippen molar-refractivity contribution in [2.24, 2.45) is 0 Å². The van der Waals surface area contributed by atoms with Crippen molar-refractivity contribution in [1.29, 1.82) is 0 Å². The Hall–Kier alpha value is -0.760. The molecule has 116 valence electrons. The lowest BCUT2D eigenvalue weighted by Crippen LogP contribution is -2.01. The topological polar surface area (TPSA) is 29.5 Å². The monoisotopic (exact) mass is 280 g/mol. The summed E-state index contributed by atoms with van der Waals surface area (Å²) in [5.41, 5.74) is 1.40. The molecular formula is C18H32O2. The molecule has 0 fully saturated rings. The van der Waals surface area contributed by atoms with Gasteiger partial charge in [0.25, 0.3) is 0 Å². The molecule has 2 nitrogen and oxygen atoms in total. The first kappa shape index (κ1) is 17.3. The van der Waals surface area contributed by atoms with Crippen LogP contribution in [-0.2, 0) is 4.74 Å². The van der Waals surface area contributed by atoms with Gasteiger partial charge in [-0.05, 0) is 25.3 Å². The van der Waals surface area contributed by atoms with Crippen molar-refractivity contribution in [1.82, 2.24) is 0 Å². The quantitative estimate of drug-likeness (QED) is 0.465. The van der Waals surface area contributed by atoms with E-state index in [1.54, 1.807) is 0 Å². The third-order valence-electron chi connectivity index (χ3n) is 3.92. The zero-order chi connectivity index (χ0) is 14.5. The maximum atomic E-state index is 9.27. The van der Waals surface area contributed by atoms with E-state index in [1.807, 2.05) is 12.2 Å². The number of hydrogen-bond donors (Lipinski definition) is 1. The number of ether oxygens (including phenoxy) is 1. The van der Waals surface area contributed by atoms with E-state index in [4.69, 9.17) is 4.74 Å². The number of unbranched alkanes of at least 4 members (excludes halogenated alkanes) is 7. The fourth-order valence-electron chi connectivity index (χ4n) is 2.52. The molecule has 0 heterocycles. The Balaban J connectivity index is 1.81. The van der Waals surface area contributed by atoms with E-state index in [-0.39, 0.29) is 0 Å². The number of aliphatic hydroxyl groups is 1. The number of allylic oxidation sites excluding steroid dienone is 3. The van der Waals surface area contributed by atoms with Crippen LogP contribution in [0.3, 0.4) is 0 Å². The van der Waals surface area contributed by atoms with Gasteiger partial charge in [0.2, 0.25) is 0 Å². The highest BCUT2D eigenvalue weighted by Gasteiger charge is 2.04. The van der Waals surface area contributed by atoms with E-state index in [9.17, 15) is 5.11 Å². The Morgan fingerprint density at radius 1 is 0.900 bits per heavy atom. The molecule has 1 N–H and O–H groups in total. The lowest BCUT2D eigenvalue weighted by atomic mass is 10.0. The molecule has 0 aromatic rings. The van der Waals surface area contributed by atoms with Gasteiger partial charge in [-0.1, -0.05) is 63.5 Å². The van der Waals surface area contributed by atoms with E-state index in [1.165, 1.54) is 56.9 Å². The van der Waals surface area contributed by atoms with Gasteiger partial charge in [0.05, 0.1) is 12.4 Å². The van der Waals surface area contributed by atoms with Gasteiger partial charge in [-0.25, -0.2) is 0 Å². The Kier molecular flexibility index (Phi) is 10.4. The zero-order valence-corrected chi connectivity index (χ0v) is 13.2. The molecule has 2 heteroatoms. The zero-order valence-electron chi connectivity index (χ0n) is 13.2. The highest BCUT2D eigenvalue weighted by molar-refractivity contribution is 5.20. The van der Waals surface area contributed by atoms with Crippen LogP contribution in [0, 0.1) is 0 Å². The van der Waals surface area contributed by atoms with Crippen LogP contribution in [0.15, 0.2) is 23.5 Å². The SMILES string of the molecule is CCCCCCCCCCOCCC1=CC=C(O)CC1. The van der Waals surface area contributed by atoms with E-state index in [0.717, 1.165) is 32.5 Å². The summed E-state index contributed by atoms with van der Waals surface area (Å²) in [4.78, 5) is 0. The van der Waals surface area contributed by atoms with Crippen molar-refractivity contribution in [2.45, 2.75) is 77.6 Å². The summed E-state index contributed by atoms with van der Waals surface area (Å²) in [5, 5.41) is 9.27. The maximum Gasteiger partial charge on any atom is 0.0925 e. The molecule has 0 amide bonds. The van der Waals surface area contributed by atoms with Crippen molar-refractivity contribution in [3.05, 3.63) is 23.5 Å². The summed E-state index contributed by atoms with van der Waals surface area (Å²) in [6.45, 7) is 4.00. The van der Waals surface area contributed by atoms with Gasteiger partial charge in [0, 0.05) is 13.0 Å². The fraction of sp³-hybridized carbons (Fsp3) is 0.778. The molecule has 0 saturated heterocycles. The highest BCUT2D eigenvalue weighted by atomic mass is 16.5. The Morgan fingerprint density at radius 2 is 1.60 bits per heavy atom. The van der Waals surface area contributed by atoms with Crippen molar-refractivity contribution in [2.75, 3.05) is 13.2 Å². The minimum Gasteiger partial charge on any atom is -0.512 e. The van der Waals surface area contributed by atoms with Crippen LogP contribution < -0.4 is 0 Å². The molecule has 0 aromatic carbocycles. The first-order chi connectivity index (χ1) is 9.83. The van der Waals surface area contributed by atoms with Crippen LogP contribution in [0.4, 0.5) is 0 Å². The molecule has 0 spiro atoms. The van der Waals surface area contributed by atoms with Crippen LogP contribution in [0.5, 0.6) is 0 Å². The molecule has 0 radical (unpaired) electrons. The van der Waals surface area contributed by atoms with Crippen LogP contribution in [0.1, 0.15) is 77.6 Å². The lowest BCUT2D eigenvalue weighted by molar-refractivity contribution is 0.132. The molecule has 0 atom stereocenters. The van der Waals surface area contributed by atoms with Gasteiger partial charge in [-0.3, -0.25) is 0 Å². The van der Waals surface area contributed by atoms with E-state index in [2.05, 4.69) is 6.92 Å². The Labute approximate surface area is 124 Å². The van der Waals surface area contributed by atoms with Crippen LogP contribution in [0.2, 0.25) is 0 Å². The molecule has 0 aromatic heterocycles. The molecule has 0 unspecified atom stereocenters. The summed E-state index contributed by atoms with van der Waals surface area (Å²) in [7, 11) is 0. The van der Waals surface area contributed by atoms with Gasteiger partial charge in [0.15, 0.2) is 0 Å². The molecule has 20 heavy (non-hydrogen) atoms. The molecule has 1 rings (SSSR count). The van der Waals surface area contributed by atoms with E-state index >= 15 is 0 Å². The molecule has 0 bridgehead atoms. The van der Waals surface area contributed by atoms with Crippen LogP contribution in [-0.4, -0.2) is 18.3 Å². The summed E-state index contributed by atoms with van der Waals surface area (Å²) in [5.74, 6) is 0.508. The van der Waals surface area contributed by atoms with Gasteiger partial charge < -0.3 is 9.84 Å². The number of rotatable bonds is 12. The molecule has 1 aliphatic rings. The molecular weight excluding hydrogens is 248 g/mol. The van der Waals surface area contributed by atoms with Gasteiger partial charge >= 0.3 is 0 Å². The molecule has 0 aliphatic heterocycles. The van der Waals surface area contributed by atoms with E-state index < -0.39 is 0 Å². The van der Waals surface area contributed by atoms with Gasteiger partial charge in [-0.2, -0.15) is 0 Å². The summed E-state index contributed by atoms with van der Waals surface area (Å²) in [6.07, 6.45) is 17.5. The van der Waals surface area contributed by atoms with Gasteiger partial charge in [-0.15, -0.1) is 0 Å². The number of hydrogen-bond acceptors (Lipinski definition) is 2. The number of aliphatic hydroxyl groups excluding tert-OH is 1. The van der Waals surface area contributed by atoms with Crippen molar-refractivity contribution in [3.8, 4) is 0 Å². The minimum absolute atomic E-state index is 0.508. The molecule has 0 saturated carbocycles. The van der Waals surface area contributed by atoms with Crippen molar-refractivity contribution < 1.29 is 9.84 Å². The van der Waals surface area contributed by atoms with E-state index in [0.29, 0.717) is 5.76 Å². The predicted octanol–water partition coefficient (Wildman–Crippen LogP) is 5.70. The fourth-order valence-corrected chi connectivity index (χ4v) is 2.52. The second kappa shape index (κ2) is 12.0. The predicted molar refractivity (Wildman–Crippen MR) is 86.1 cm³/mol. The first-order valence-corrected chi connectivity index (χ1v) is 8.48. The van der Waals surface area contributed by atoms with Crippen molar-refractivity contribution in [3.63, 3.8) is 0 Å². The summed E-state index contributed by atoms with van der Waals surface area (Å²) in [6, 6.07) is 0. The first-order valence-electron chi connectivity index (χ1n) is 8.48. The van der Waals surface area contributed by atoms with Crippen molar-refractivity contribution >= 4 is 0 Å². The smallest absolute Gasteiger partial charge is 0.0925 e. The average Bonchev–Trinajstić information content (AvgIpc) is 2.47. The largest absolute Gasteiger partial charge is 0.512 e. The second-order valence-corrected chi connectivity index (χ2v) is 5.82. The standard InChI is InChI=1S/C18H32O2/c1-2-3-4-5-6-7-8-9-15-20-16-14-17-10-12-18(19)13-11-17/h10,12,19H,2-9,11,13-16H2,1H3. The summed E-state index contributed by atoms with van der Waals surface area (Å²) < 4.78 is 5.68. The normalized spacial score (nSPS) is 15.1. The lowest BCUT2D eigenvalue weighted by Gasteiger charge is -2.11.